The van der Waals surface area contributed by atoms with E-state index in [9.17, 15) is 62.8 Å². The molecule has 0 spiro atoms. The molecule has 5 unspecified atom stereocenters. The number of carboxylic acids is 1. The topological polar surface area (TPSA) is 412 Å². The largest absolute Gasteiger partial charge is 0.508 e. The lowest BCUT2D eigenvalue weighted by atomic mass is 9.89. The number of hydrogen-bond acceptors (Lipinski definition) is 17. The van der Waals surface area contributed by atoms with Gasteiger partial charge in [0, 0.05) is 59.8 Å². The van der Waals surface area contributed by atoms with Gasteiger partial charge in [0.1, 0.15) is 29.4 Å². The number of hydrogen-bond donors (Lipinski definition) is 11. The van der Waals surface area contributed by atoms with Crippen molar-refractivity contribution in [2.75, 3.05) is 25.4 Å². The fraction of sp³-hybridized carbons (Fsp3) is 0.268. The highest BCUT2D eigenvalue weighted by Crippen LogP contribution is 2.66. The number of nitrogen functional groups attached to an aromatic ring is 1. The zero-order chi connectivity index (χ0) is 50.7. The van der Waals surface area contributed by atoms with Crippen LogP contribution in [0.3, 0.4) is 0 Å². The molecule has 1 fully saturated rings. The summed E-state index contributed by atoms with van der Waals surface area (Å²) in [6.45, 7) is -0.861. The van der Waals surface area contributed by atoms with Crippen molar-refractivity contribution in [3.05, 3.63) is 98.1 Å². The van der Waals surface area contributed by atoms with Gasteiger partial charge in [-0.25, -0.2) is 18.5 Å². The van der Waals surface area contributed by atoms with E-state index in [-0.39, 0.29) is 93.6 Å². The van der Waals surface area contributed by atoms with E-state index < -0.39 is 65.9 Å². The molecule has 2 amide bonds. The van der Waals surface area contributed by atoms with Gasteiger partial charge in [-0.05, 0) is 60.9 Å². The maximum Gasteiger partial charge on any atom is 0.490 e. The van der Waals surface area contributed by atoms with E-state index in [0.29, 0.717) is 35.8 Å². The Bertz CT molecular complexity index is 3340. The first kappa shape index (κ1) is 51.3. The standard InChI is InChI=1S/C41H41N6O20P3/c42-41-45-37-35(39(53)46-41)22(19-47(37)34-18-29(50)32(65-34)20-63-69(59,60)67-70(61,62)66-68(56,57)58)5-4-14-43-33(51)6-2-1-3-13-44-38(52)21-7-10-25(40(54)55)28(15-21)36-26-11-8-23(48)16-30(26)64-31-17-24(49)9-12-27(31)36/h7-12,15-17,19,29,32,34,48,50H,1-3,6,13-14,18,20H2,(H,43,51)(H,44,52)(H,54,55)(H,59,60)(H,61,62)(H2,56,57,58)(H3,42,45,46,53). The number of rotatable bonds is 18. The Labute approximate surface area is 392 Å². The van der Waals surface area contributed by atoms with Gasteiger partial charge in [0.25, 0.3) is 11.5 Å². The van der Waals surface area contributed by atoms with Crippen molar-refractivity contribution in [3.8, 4) is 40.0 Å². The van der Waals surface area contributed by atoms with E-state index in [0.717, 1.165) is 0 Å². The lowest BCUT2D eigenvalue weighted by molar-refractivity contribution is -0.121. The summed E-state index contributed by atoms with van der Waals surface area (Å²) < 4.78 is 59.6. The minimum Gasteiger partial charge on any atom is -0.508 e. The Kier molecular flexibility index (Phi) is 15.3. The Hall–Kier alpha value is -6.55. The zero-order valence-electron chi connectivity index (χ0n) is 35.9. The number of phenols is 1. The number of aliphatic hydroxyl groups excluding tert-OH is 1. The summed E-state index contributed by atoms with van der Waals surface area (Å²) in [5.74, 6) is 3.17. The van der Waals surface area contributed by atoms with Gasteiger partial charge in [0.15, 0.2) is 11.1 Å². The molecule has 5 atom stereocenters. The zero-order valence-corrected chi connectivity index (χ0v) is 38.6. The minimum atomic E-state index is -5.80. The number of aliphatic hydroxyl groups is 1. The number of unbranched alkanes of at least 4 members (excludes halogenated alkanes) is 2. The van der Waals surface area contributed by atoms with Gasteiger partial charge in [0.2, 0.25) is 11.9 Å². The highest BCUT2D eigenvalue weighted by atomic mass is 31.3. The molecule has 12 N–H and O–H groups in total. The Morgan fingerprint density at radius 2 is 1.71 bits per heavy atom. The van der Waals surface area contributed by atoms with Crippen molar-refractivity contribution >= 4 is 69.2 Å². The molecular formula is C41H41N6O20P3. The highest BCUT2D eigenvalue weighted by molar-refractivity contribution is 7.66. The fourth-order valence-corrected chi connectivity index (χ4v) is 10.5. The molecule has 29 heteroatoms. The molecule has 26 nitrogen and oxygen atoms in total. The Morgan fingerprint density at radius 3 is 2.46 bits per heavy atom. The summed E-state index contributed by atoms with van der Waals surface area (Å²) in [7, 11) is -17.0. The predicted molar refractivity (Wildman–Crippen MR) is 243 cm³/mol. The fourth-order valence-electron chi connectivity index (χ4n) is 7.48. The van der Waals surface area contributed by atoms with Crippen LogP contribution in [0.25, 0.3) is 44.5 Å². The molecule has 370 valence electrons. The van der Waals surface area contributed by atoms with Crippen LogP contribution in [0, 0.1) is 11.8 Å². The number of nitrogens with zero attached hydrogens (tertiary/aromatic N) is 2. The van der Waals surface area contributed by atoms with Gasteiger partial charge in [-0.2, -0.15) is 13.6 Å². The molecule has 3 aliphatic rings. The number of aromatic nitrogens is 3. The number of anilines is 1. The van der Waals surface area contributed by atoms with E-state index in [1.54, 1.807) is 6.07 Å². The van der Waals surface area contributed by atoms with Crippen LogP contribution in [0.1, 0.15) is 64.6 Å². The molecular weight excluding hydrogens is 989 g/mol. The molecule has 1 aliphatic carbocycles. The number of benzene rings is 3. The van der Waals surface area contributed by atoms with E-state index in [1.165, 1.54) is 59.3 Å². The van der Waals surface area contributed by atoms with Crippen LogP contribution in [-0.4, -0.2) is 99.1 Å². The SMILES string of the molecule is Nc1nc2c(c(C#CCNC(=O)CCCCCNC(=O)c3ccc(C(=O)O)c(-c4c5ccc(=O)cc-5oc5cc(O)ccc45)c3)cn2C2CC(O)C(COP(=O)(O)OP(=O)(O)OP(=O)(O)O)O2)c(=O)[nH]1. The number of phosphoric acid groups is 3. The van der Waals surface area contributed by atoms with Crippen molar-refractivity contribution in [3.63, 3.8) is 0 Å². The predicted octanol–water partition coefficient (Wildman–Crippen LogP) is 3.04. The van der Waals surface area contributed by atoms with Gasteiger partial charge in [-0.15, -0.1) is 0 Å². The van der Waals surface area contributed by atoms with E-state index >= 15 is 0 Å². The van der Waals surface area contributed by atoms with Crippen LogP contribution < -0.4 is 27.4 Å². The molecule has 1 saturated heterocycles. The molecule has 70 heavy (non-hydrogen) atoms. The van der Waals surface area contributed by atoms with Crippen LogP contribution in [-0.2, 0) is 36.4 Å². The second-order valence-corrected chi connectivity index (χ2v) is 19.9. The molecule has 0 saturated carbocycles. The number of phosphoric ester groups is 1. The summed E-state index contributed by atoms with van der Waals surface area (Å²) >= 11 is 0. The average Bonchev–Trinajstić information content (AvgIpc) is 3.82. The third-order valence-electron chi connectivity index (χ3n) is 10.5. The number of nitrogens with two attached hydrogens (primary N) is 1. The van der Waals surface area contributed by atoms with Gasteiger partial charge in [-0.1, -0.05) is 18.3 Å². The highest BCUT2D eigenvalue weighted by Gasteiger charge is 2.43. The average molecular weight is 1030 g/mol. The van der Waals surface area contributed by atoms with Crippen molar-refractivity contribution in [1.29, 1.82) is 0 Å². The first-order valence-corrected chi connectivity index (χ1v) is 25.1. The Morgan fingerprint density at radius 1 is 0.943 bits per heavy atom. The summed E-state index contributed by atoms with van der Waals surface area (Å²) in [6.07, 6.45) is -1.21. The molecule has 2 aromatic carbocycles. The van der Waals surface area contributed by atoms with Crippen molar-refractivity contribution in [1.82, 2.24) is 25.2 Å². The van der Waals surface area contributed by atoms with E-state index in [4.69, 9.17) is 24.7 Å². The first-order chi connectivity index (χ1) is 33.0. The molecule has 7 rings (SSSR count). The maximum atomic E-state index is 13.3. The Balaban J connectivity index is 0.912. The first-order valence-electron chi connectivity index (χ1n) is 20.6. The third-order valence-corrected chi connectivity index (χ3v) is 14.3. The number of amides is 2. The number of fused-ring (bicyclic) bond motifs is 3. The monoisotopic (exact) mass is 1030 g/mol. The quantitative estimate of drug-likeness (QED) is 0.0255. The van der Waals surface area contributed by atoms with Gasteiger partial charge < -0.3 is 65.0 Å². The van der Waals surface area contributed by atoms with Crippen LogP contribution >= 0.6 is 23.5 Å². The number of aromatic carboxylic acids is 1. The number of ether oxygens (including phenoxy) is 1. The molecule has 0 radical (unpaired) electrons. The van der Waals surface area contributed by atoms with Gasteiger partial charge in [-0.3, -0.25) is 28.7 Å². The lowest BCUT2D eigenvalue weighted by Crippen LogP contribution is -2.26. The molecule has 0 bridgehead atoms. The second-order valence-electron chi connectivity index (χ2n) is 15.4. The van der Waals surface area contributed by atoms with Crippen LogP contribution in [0.2, 0.25) is 0 Å². The molecule has 2 aliphatic heterocycles. The number of H-pyrrole nitrogens is 1. The number of nitrogens with one attached hydrogen (secondary N) is 3. The van der Waals surface area contributed by atoms with Crippen molar-refractivity contribution < 1.29 is 85.3 Å². The van der Waals surface area contributed by atoms with E-state index in [1.807, 2.05) is 0 Å². The summed E-state index contributed by atoms with van der Waals surface area (Å²) in [5.41, 5.74) is 6.02. The number of phenolic OH excluding ortho intramolecular Hbond substituents is 1. The van der Waals surface area contributed by atoms with Gasteiger partial charge in [0.05, 0.1) is 35.8 Å². The number of aromatic hydroxyl groups is 1. The summed E-state index contributed by atoms with van der Waals surface area (Å²) in [6, 6.07) is 12.5. The normalized spacial score (nSPS) is 17.7. The minimum absolute atomic E-state index is 0.0353. The van der Waals surface area contributed by atoms with Gasteiger partial charge >= 0.3 is 29.4 Å². The second kappa shape index (κ2) is 20.8. The number of carbonyl (C=O) groups excluding carboxylic acids is 2. The lowest BCUT2D eigenvalue weighted by Gasteiger charge is -2.19. The number of carbonyl (C=O) groups is 3. The maximum absolute atomic E-state index is 13.3. The summed E-state index contributed by atoms with van der Waals surface area (Å²) in [5, 5.41) is 36.7. The smallest absolute Gasteiger partial charge is 0.490 e. The summed E-state index contributed by atoms with van der Waals surface area (Å²) in [4.78, 5) is 107. The molecule has 2 aromatic heterocycles. The van der Waals surface area contributed by atoms with Crippen LogP contribution in [0.5, 0.6) is 5.75 Å². The molecule has 4 heterocycles. The third kappa shape index (κ3) is 12.4. The van der Waals surface area contributed by atoms with Crippen molar-refractivity contribution in [2.45, 2.75) is 50.5 Å². The van der Waals surface area contributed by atoms with E-state index in [2.05, 4.69) is 45.6 Å². The molecule has 4 aromatic rings. The van der Waals surface area contributed by atoms with Crippen LogP contribution in [0.4, 0.5) is 5.95 Å². The number of carboxylic acid groups (broad SMARTS) is 1. The van der Waals surface area contributed by atoms with Crippen molar-refractivity contribution in [2.24, 2.45) is 0 Å². The number of aromatic amines is 1. The van der Waals surface area contributed by atoms with Crippen LogP contribution in [0.15, 0.2) is 74.8 Å².